The molecule has 90 valence electrons. The van der Waals surface area contributed by atoms with Gasteiger partial charge in [-0.1, -0.05) is 0 Å². The molecule has 2 heterocycles. The molecule has 0 aromatic carbocycles. The average molecular weight is 234 g/mol. The standard InChI is InChI=1S/C12H15FN4/c1-3-17(2)12-6-10(15-8-16-12)9-4-5-11(13)14-7-9/h4-7,15H,3,8H2,1-2H3. The van der Waals surface area contributed by atoms with Crippen LogP contribution in [0.1, 0.15) is 12.5 Å². The maximum Gasteiger partial charge on any atom is 0.212 e. The van der Waals surface area contributed by atoms with Gasteiger partial charge in [-0.2, -0.15) is 4.39 Å². The fourth-order valence-corrected chi connectivity index (χ4v) is 1.54. The molecule has 4 nitrogen and oxygen atoms in total. The average Bonchev–Trinajstić information content (AvgIpc) is 2.39. The summed E-state index contributed by atoms with van der Waals surface area (Å²) in [5.41, 5.74) is 1.78. The molecule has 1 aromatic rings. The fourth-order valence-electron chi connectivity index (χ4n) is 1.54. The van der Waals surface area contributed by atoms with Crippen molar-refractivity contribution < 1.29 is 4.39 Å². The van der Waals surface area contributed by atoms with Crippen LogP contribution in [0.3, 0.4) is 0 Å². The van der Waals surface area contributed by atoms with Crippen molar-refractivity contribution in [2.24, 2.45) is 4.99 Å². The number of aliphatic imine (C=N–C) groups is 1. The number of amidine groups is 1. The monoisotopic (exact) mass is 234 g/mol. The van der Waals surface area contributed by atoms with Gasteiger partial charge in [0.2, 0.25) is 5.95 Å². The van der Waals surface area contributed by atoms with E-state index in [4.69, 9.17) is 0 Å². The molecular weight excluding hydrogens is 219 g/mol. The molecule has 1 aromatic heterocycles. The van der Waals surface area contributed by atoms with E-state index in [1.54, 1.807) is 6.07 Å². The topological polar surface area (TPSA) is 40.5 Å². The molecule has 0 spiro atoms. The second kappa shape index (κ2) is 4.95. The highest BCUT2D eigenvalue weighted by atomic mass is 19.1. The Bertz CT molecular complexity index is 450. The SMILES string of the molecule is CCN(C)C1=NCNC(c2ccc(F)nc2)=C1. The van der Waals surface area contributed by atoms with Gasteiger partial charge in [-0.05, 0) is 19.1 Å². The van der Waals surface area contributed by atoms with Crippen LogP contribution in [0.4, 0.5) is 4.39 Å². The number of hydrogen-bond donors (Lipinski definition) is 1. The highest BCUT2D eigenvalue weighted by Crippen LogP contribution is 2.13. The molecule has 2 rings (SSSR count). The van der Waals surface area contributed by atoms with Crippen LogP contribution in [-0.4, -0.2) is 36.0 Å². The van der Waals surface area contributed by atoms with Crippen molar-refractivity contribution in [3.05, 3.63) is 35.9 Å². The molecule has 0 aliphatic carbocycles. The second-order valence-electron chi connectivity index (χ2n) is 3.79. The summed E-state index contributed by atoms with van der Waals surface area (Å²) in [6, 6.07) is 3.06. The highest BCUT2D eigenvalue weighted by molar-refractivity contribution is 5.99. The molecule has 1 aliphatic rings. The zero-order valence-electron chi connectivity index (χ0n) is 9.94. The highest BCUT2D eigenvalue weighted by Gasteiger charge is 2.10. The second-order valence-corrected chi connectivity index (χ2v) is 3.79. The smallest absolute Gasteiger partial charge is 0.212 e. The molecule has 0 amide bonds. The zero-order valence-corrected chi connectivity index (χ0v) is 9.94. The number of halogens is 1. The maximum atomic E-state index is 12.7. The maximum absolute atomic E-state index is 12.7. The Morgan fingerprint density at radius 1 is 1.47 bits per heavy atom. The minimum atomic E-state index is -0.468. The summed E-state index contributed by atoms with van der Waals surface area (Å²) in [7, 11) is 1.99. The largest absolute Gasteiger partial charge is 0.366 e. The van der Waals surface area contributed by atoms with Crippen molar-refractivity contribution in [3.63, 3.8) is 0 Å². The van der Waals surface area contributed by atoms with Gasteiger partial charge in [0.1, 0.15) is 12.5 Å². The molecule has 0 unspecified atom stereocenters. The predicted octanol–water partition coefficient (Wildman–Crippen LogP) is 1.47. The van der Waals surface area contributed by atoms with Crippen LogP contribution in [0.25, 0.3) is 5.70 Å². The third-order valence-electron chi connectivity index (χ3n) is 2.69. The minimum absolute atomic E-state index is 0.468. The molecule has 0 saturated carbocycles. The van der Waals surface area contributed by atoms with Gasteiger partial charge >= 0.3 is 0 Å². The van der Waals surface area contributed by atoms with E-state index in [0.29, 0.717) is 6.67 Å². The molecule has 17 heavy (non-hydrogen) atoms. The lowest BCUT2D eigenvalue weighted by molar-refractivity contribution is 0.533. The summed E-state index contributed by atoms with van der Waals surface area (Å²) < 4.78 is 12.7. The first kappa shape index (κ1) is 11.6. The molecule has 0 fully saturated rings. The molecule has 0 atom stereocenters. The van der Waals surface area contributed by atoms with Gasteiger partial charge in [0.25, 0.3) is 0 Å². The Balaban J connectivity index is 2.24. The number of likely N-dealkylation sites (N-methyl/N-ethyl adjacent to an activating group) is 1. The molecule has 0 radical (unpaired) electrons. The lowest BCUT2D eigenvalue weighted by Crippen LogP contribution is -2.30. The van der Waals surface area contributed by atoms with Crippen molar-refractivity contribution in [1.82, 2.24) is 15.2 Å². The molecule has 1 N–H and O–H groups in total. The third-order valence-corrected chi connectivity index (χ3v) is 2.69. The van der Waals surface area contributed by atoms with Gasteiger partial charge in [-0.25, -0.2) is 9.98 Å². The summed E-state index contributed by atoms with van der Waals surface area (Å²) >= 11 is 0. The van der Waals surface area contributed by atoms with Gasteiger partial charge in [-0.3, -0.25) is 0 Å². The van der Waals surface area contributed by atoms with E-state index in [9.17, 15) is 4.39 Å². The van der Waals surface area contributed by atoms with Crippen LogP contribution in [0.15, 0.2) is 29.4 Å². The van der Waals surface area contributed by atoms with E-state index >= 15 is 0 Å². The van der Waals surface area contributed by atoms with E-state index < -0.39 is 5.95 Å². The summed E-state index contributed by atoms with van der Waals surface area (Å²) in [5.74, 6) is 0.454. The number of pyridine rings is 1. The van der Waals surface area contributed by atoms with E-state index in [0.717, 1.165) is 23.6 Å². The predicted molar refractivity (Wildman–Crippen MR) is 65.9 cm³/mol. The molecule has 0 saturated heterocycles. The van der Waals surface area contributed by atoms with Crippen LogP contribution < -0.4 is 5.32 Å². The lowest BCUT2D eigenvalue weighted by Gasteiger charge is -2.22. The minimum Gasteiger partial charge on any atom is -0.366 e. The van der Waals surface area contributed by atoms with Gasteiger partial charge < -0.3 is 10.2 Å². The number of rotatable bonds is 2. The first-order valence-electron chi connectivity index (χ1n) is 5.54. The number of nitrogens with zero attached hydrogens (tertiary/aromatic N) is 3. The Kier molecular flexibility index (Phi) is 3.37. The van der Waals surface area contributed by atoms with Crippen LogP contribution in [0, 0.1) is 5.95 Å². The first-order valence-corrected chi connectivity index (χ1v) is 5.54. The van der Waals surface area contributed by atoms with E-state index in [1.807, 2.05) is 13.1 Å². The lowest BCUT2D eigenvalue weighted by atomic mass is 10.2. The Morgan fingerprint density at radius 3 is 2.94 bits per heavy atom. The van der Waals surface area contributed by atoms with Crippen molar-refractivity contribution in [3.8, 4) is 0 Å². The molecule has 1 aliphatic heterocycles. The van der Waals surface area contributed by atoms with Gasteiger partial charge in [0, 0.05) is 37.1 Å². The van der Waals surface area contributed by atoms with Crippen molar-refractivity contribution in [2.45, 2.75) is 6.92 Å². The Labute approximate surface area is 99.9 Å². The van der Waals surface area contributed by atoms with Crippen molar-refractivity contribution >= 4 is 11.5 Å². The quantitative estimate of drug-likeness (QED) is 0.788. The number of aromatic nitrogens is 1. The third kappa shape index (κ3) is 2.61. The van der Waals surface area contributed by atoms with Crippen LogP contribution >= 0.6 is 0 Å². The fraction of sp³-hybridized carbons (Fsp3) is 0.333. The van der Waals surface area contributed by atoms with Crippen LogP contribution in [-0.2, 0) is 0 Å². The molecule has 5 heteroatoms. The summed E-state index contributed by atoms with van der Waals surface area (Å²) in [5, 5.41) is 3.15. The summed E-state index contributed by atoms with van der Waals surface area (Å²) in [4.78, 5) is 10.1. The first-order chi connectivity index (χ1) is 8.20. The van der Waals surface area contributed by atoms with Crippen molar-refractivity contribution in [1.29, 1.82) is 0 Å². The van der Waals surface area contributed by atoms with Gasteiger partial charge in [0.05, 0.1) is 0 Å². The van der Waals surface area contributed by atoms with Crippen molar-refractivity contribution in [2.75, 3.05) is 20.3 Å². The summed E-state index contributed by atoms with van der Waals surface area (Å²) in [6.07, 6.45) is 3.46. The van der Waals surface area contributed by atoms with Gasteiger partial charge in [0.15, 0.2) is 0 Å². The van der Waals surface area contributed by atoms with Crippen LogP contribution in [0.2, 0.25) is 0 Å². The Morgan fingerprint density at radius 2 is 2.29 bits per heavy atom. The zero-order chi connectivity index (χ0) is 12.3. The number of nitrogens with one attached hydrogen (secondary N) is 1. The number of hydrogen-bond acceptors (Lipinski definition) is 4. The Hall–Kier alpha value is -1.91. The van der Waals surface area contributed by atoms with Crippen LogP contribution in [0.5, 0.6) is 0 Å². The van der Waals surface area contributed by atoms with Gasteiger partial charge in [-0.15, -0.1) is 0 Å². The molecular formula is C12H15FN4. The molecule has 0 bridgehead atoms. The van der Waals surface area contributed by atoms with E-state index in [-0.39, 0.29) is 0 Å². The summed E-state index contributed by atoms with van der Waals surface area (Å²) in [6.45, 7) is 3.49. The van der Waals surface area contributed by atoms with E-state index in [1.165, 1.54) is 12.3 Å². The van der Waals surface area contributed by atoms with E-state index in [2.05, 4.69) is 27.1 Å². The normalized spacial score (nSPS) is 14.8.